The first kappa shape index (κ1) is 11.7. The van der Waals surface area contributed by atoms with Gasteiger partial charge in [-0.15, -0.1) is 0 Å². The molecular weight excluding hydrogens is 194 g/mol. The predicted octanol–water partition coefficient (Wildman–Crippen LogP) is 0.679. The van der Waals surface area contributed by atoms with Crippen molar-refractivity contribution in [3.8, 4) is 0 Å². The SMILES string of the molecule is CC(C)NCCC(=O)NCc1ccon1. The molecule has 0 bridgehead atoms. The largest absolute Gasteiger partial charge is 0.364 e. The minimum atomic E-state index is 0.0196. The molecule has 1 heterocycles. The van der Waals surface area contributed by atoms with Gasteiger partial charge in [0.05, 0.1) is 6.54 Å². The van der Waals surface area contributed by atoms with E-state index in [2.05, 4.69) is 20.3 Å². The fraction of sp³-hybridized carbons (Fsp3) is 0.600. The van der Waals surface area contributed by atoms with Crippen molar-refractivity contribution >= 4 is 5.91 Å². The highest BCUT2D eigenvalue weighted by molar-refractivity contribution is 5.75. The topological polar surface area (TPSA) is 67.2 Å². The number of amides is 1. The Labute approximate surface area is 89.2 Å². The van der Waals surface area contributed by atoms with Crippen LogP contribution < -0.4 is 10.6 Å². The van der Waals surface area contributed by atoms with E-state index < -0.39 is 0 Å². The van der Waals surface area contributed by atoms with Gasteiger partial charge in [-0.3, -0.25) is 4.79 Å². The average molecular weight is 211 g/mol. The molecule has 0 fully saturated rings. The van der Waals surface area contributed by atoms with Crippen molar-refractivity contribution in [2.24, 2.45) is 0 Å². The van der Waals surface area contributed by atoms with Gasteiger partial charge >= 0.3 is 0 Å². The van der Waals surface area contributed by atoms with E-state index >= 15 is 0 Å². The van der Waals surface area contributed by atoms with Crippen LogP contribution in [0, 0.1) is 0 Å². The zero-order valence-corrected chi connectivity index (χ0v) is 9.12. The first-order chi connectivity index (χ1) is 7.18. The number of aromatic nitrogens is 1. The lowest BCUT2D eigenvalue weighted by molar-refractivity contribution is -0.121. The van der Waals surface area contributed by atoms with Gasteiger partial charge in [0.25, 0.3) is 0 Å². The molecule has 0 aliphatic heterocycles. The Morgan fingerprint density at radius 3 is 3.00 bits per heavy atom. The maximum absolute atomic E-state index is 11.3. The van der Waals surface area contributed by atoms with Crippen LogP contribution in [0.5, 0.6) is 0 Å². The van der Waals surface area contributed by atoms with Crippen LogP contribution in [0.3, 0.4) is 0 Å². The fourth-order valence-electron chi connectivity index (χ4n) is 1.08. The number of nitrogens with zero attached hydrogens (tertiary/aromatic N) is 1. The highest BCUT2D eigenvalue weighted by Gasteiger charge is 2.02. The minimum Gasteiger partial charge on any atom is -0.364 e. The summed E-state index contributed by atoms with van der Waals surface area (Å²) in [5.74, 6) is 0.0196. The molecule has 0 saturated heterocycles. The second kappa shape index (κ2) is 6.19. The van der Waals surface area contributed by atoms with Gasteiger partial charge < -0.3 is 15.2 Å². The lowest BCUT2D eigenvalue weighted by Crippen LogP contribution is -2.30. The van der Waals surface area contributed by atoms with Crippen LogP contribution in [0.1, 0.15) is 26.0 Å². The quantitative estimate of drug-likeness (QED) is 0.726. The third kappa shape index (κ3) is 5.17. The summed E-state index contributed by atoms with van der Waals surface area (Å²) >= 11 is 0. The molecule has 2 N–H and O–H groups in total. The van der Waals surface area contributed by atoms with Crippen LogP contribution in [0.2, 0.25) is 0 Å². The van der Waals surface area contributed by atoms with E-state index in [-0.39, 0.29) is 5.91 Å². The van der Waals surface area contributed by atoms with E-state index in [1.807, 2.05) is 13.8 Å². The standard InChI is InChI=1S/C10H17N3O2/c1-8(2)11-5-3-10(14)12-7-9-4-6-15-13-9/h4,6,8,11H,3,5,7H2,1-2H3,(H,12,14). The summed E-state index contributed by atoms with van der Waals surface area (Å²) < 4.78 is 4.65. The van der Waals surface area contributed by atoms with Crippen molar-refractivity contribution in [2.75, 3.05) is 6.54 Å². The molecule has 15 heavy (non-hydrogen) atoms. The van der Waals surface area contributed by atoms with Gasteiger partial charge in [-0.1, -0.05) is 19.0 Å². The van der Waals surface area contributed by atoms with E-state index in [0.717, 1.165) is 5.69 Å². The molecule has 1 aromatic heterocycles. The summed E-state index contributed by atoms with van der Waals surface area (Å²) in [5.41, 5.74) is 0.736. The van der Waals surface area contributed by atoms with Crippen LogP contribution in [0.25, 0.3) is 0 Å². The Morgan fingerprint density at radius 2 is 2.40 bits per heavy atom. The summed E-state index contributed by atoms with van der Waals surface area (Å²) in [5, 5.41) is 9.62. The van der Waals surface area contributed by atoms with Gasteiger partial charge in [0.15, 0.2) is 0 Å². The molecular formula is C10H17N3O2. The Kier molecular flexibility index (Phi) is 4.83. The number of hydrogen-bond donors (Lipinski definition) is 2. The Hall–Kier alpha value is -1.36. The van der Waals surface area contributed by atoms with E-state index in [4.69, 9.17) is 0 Å². The van der Waals surface area contributed by atoms with Crippen LogP contribution in [-0.4, -0.2) is 23.7 Å². The molecule has 0 aromatic carbocycles. The number of hydrogen-bond acceptors (Lipinski definition) is 4. The lowest BCUT2D eigenvalue weighted by atomic mass is 10.3. The van der Waals surface area contributed by atoms with Crippen molar-refractivity contribution in [1.29, 1.82) is 0 Å². The molecule has 1 aromatic rings. The zero-order valence-electron chi connectivity index (χ0n) is 9.12. The molecule has 0 aliphatic carbocycles. The third-order valence-electron chi connectivity index (χ3n) is 1.86. The monoisotopic (exact) mass is 211 g/mol. The summed E-state index contributed by atoms with van der Waals surface area (Å²) in [6, 6.07) is 2.14. The van der Waals surface area contributed by atoms with E-state index in [1.54, 1.807) is 6.07 Å². The molecule has 5 nitrogen and oxygen atoms in total. The smallest absolute Gasteiger partial charge is 0.221 e. The van der Waals surface area contributed by atoms with Crippen molar-refractivity contribution in [1.82, 2.24) is 15.8 Å². The van der Waals surface area contributed by atoms with Gasteiger partial charge in [-0.05, 0) is 0 Å². The van der Waals surface area contributed by atoms with Crippen molar-refractivity contribution < 1.29 is 9.32 Å². The number of rotatable bonds is 6. The van der Waals surface area contributed by atoms with Crippen LogP contribution >= 0.6 is 0 Å². The number of carbonyl (C=O) groups is 1. The molecule has 1 rings (SSSR count). The highest BCUT2D eigenvalue weighted by Crippen LogP contribution is 1.93. The Bertz CT molecular complexity index is 283. The molecule has 0 spiro atoms. The zero-order chi connectivity index (χ0) is 11.1. The molecule has 5 heteroatoms. The van der Waals surface area contributed by atoms with E-state index in [0.29, 0.717) is 25.6 Å². The van der Waals surface area contributed by atoms with Crippen LogP contribution in [0.4, 0.5) is 0 Å². The van der Waals surface area contributed by atoms with Gasteiger partial charge in [-0.2, -0.15) is 0 Å². The van der Waals surface area contributed by atoms with E-state index in [9.17, 15) is 4.79 Å². The maximum Gasteiger partial charge on any atom is 0.221 e. The van der Waals surface area contributed by atoms with Gasteiger partial charge in [-0.25, -0.2) is 0 Å². The van der Waals surface area contributed by atoms with Crippen molar-refractivity contribution in [2.45, 2.75) is 32.9 Å². The number of carbonyl (C=O) groups excluding carboxylic acids is 1. The molecule has 0 saturated carbocycles. The van der Waals surface area contributed by atoms with Crippen LogP contribution in [-0.2, 0) is 11.3 Å². The predicted molar refractivity (Wildman–Crippen MR) is 56.1 cm³/mol. The maximum atomic E-state index is 11.3. The fourth-order valence-corrected chi connectivity index (χ4v) is 1.08. The van der Waals surface area contributed by atoms with Gasteiger partial charge in [0.2, 0.25) is 5.91 Å². The van der Waals surface area contributed by atoms with Crippen molar-refractivity contribution in [3.05, 3.63) is 18.0 Å². The first-order valence-corrected chi connectivity index (χ1v) is 5.08. The summed E-state index contributed by atoms with van der Waals surface area (Å²) in [4.78, 5) is 11.3. The molecule has 0 unspecified atom stereocenters. The second-order valence-corrected chi connectivity index (χ2v) is 3.63. The molecule has 0 radical (unpaired) electrons. The average Bonchev–Trinajstić information content (AvgIpc) is 2.66. The Balaban J connectivity index is 2.09. The Morgan fingerprint density at radius 1 is 1.60 bits per heavy atom. The molecule has 0 atom stereocenters. The molecule has 84 valence electrons. The van der Waals surface area contributed by atoms with Gasteiger partial charge in [0, 0.05) is 25.1 Å². The highest BCUT2D eigenvalue weighted by atomic mass is 16.5. The van der Waals surface area contributed by atoms with Crippen molar-refractivity contribution in [3.63, 3.8) is 0 Å². The second-order valence-electron chi connectivity index (χ2n) is 3.63. The summed E-state index contributed by atoms with van der Waals surface area (Å²) in [6.07, 6.45) is 1.97. The van der Waals surface area contributed by atoms with Gasteiger partial charge in [0.1, 0.15) is 12.0 Å². The van der Waals surface area contributed by atoms with E-state index in [1.165, 1.54) is 6.26 Å². The first-order valence-electron chi connectivity index (χ1n) is 5.08. The van der Waals surface area contributed by atoms with Crippen LogP contribution in [0.15, 0.2) is 16.9 Å². The number of nitrogens with one attached hydrogen (secondary N) is 2. The molecule has 1 amide bonds. The normalized spacial score (nSPS) is 10.6. The molecule has 0 aliphatic rings. The summed E-state index contributed by atoms with van der Waals surface area (Å²) in [6.45, 7) is 5.22. The lowest BCUT2D eigenvalue weighted by Gasteiger charge is -2.07. The third-order valence-corrected chi connectivity index (χ3v) is 1.86. The summed E-state index contributed by atoms with van der Waals surface area (Å²) in [7, 11) is 0. The minimum absolute atomic E-state index is 0.0196.